The van der Waals surface area contributed by atoms with Crippen molar-refractivity contribution in [3.8, 4) is 0 Å². The highest BCUT2D eigenvalue weighted by molar-refractivity contribution is 6.86. The summed E-state index contributed by atoms with van der Waals surface area (Å²) in [4.78, 5) is 0. The Labute approximate surface area is 119 Å². The Balaban J connectivity index is 5.15. The van der Waals surface area contributed by atoms with Gasteiger partial charge < -0.3 is 30.7 Å². The van der Waals surface area contributed by atoms with Crippen LogP contribution in [0.15, 0.2) is 0 Å². The van der Waals surface area contributed by atoms with Crippen LogP contribution in [0.4, 0.5) is 0 Å². The number of hydrogen-bond acceptors (Lipinski definition) is 7. The lowest BCUT2D eigenvalue weighted by Crippen LogP contribution is -2.60. The largest absolute Gasteiger partial charge is 0.495 e. The van der Waals surface area contributed by atoms with Crippen molar-refractivity contribution in [3.05, 3.63) is 0 Å². The maximum atomic E-state index is 5.99. The minimum Gasteiger partial charge on any atom is -0.398 e. The first kappa shape index (κ1) is 19.4. The predicted octanol–water partition coefficient (Wildman–Crippen LogP) is 1.00. The molecule has 0 aliphatic carbocycles. The lowest BCUT2D eigenvalue weighted by molar-refractivity contribution is 0.0917. The topological polar surface area (TPSA) is 64.6 Å². The van der Waals surface area contributed by atoms with Crippen molar-refractivity contribution in [1.29, 1.82) is 0 Å². The molecule has 0 heterocycles. The third kappa shape index (κ3) is 5.34. The Morgan fingerprint density at radius 2 is 1.05 bits per heavy atom. The monoisotopic (exact) mass is 330 g/mol. The molecule has 0 aliphatic rings. The van der Waals surface area contributed by atoms with Crippen LogP contribution < -0.4 is 0 Å². The Morgan fingerprint density at radius 3 is 1.32 bits per heavy atom. The summed E-state index contributed by atoms with van der Waals surface area (Å²) in [5.41, 5.74) is 0.454. The highest BCUT2D eigenvalue weighted by Gasteiger charge is 2.55. The van der Waals surface area contributed by atoms with Crippen molar-refractivity contribution in [3.63, 3.8) is 0 Å². The first-order chi connectivity index (χ1) is 8.78. The minimum atomic E-state index is -2.97. The second kappa shape index (κ2) is 7.97. The molecule has 0 N–H and O–H groups in total. The van der Waals surface area contributed by atoms with Crippen molar-refractivity contribution in [1.82, 2.24) is 0 Å². The van der Waals surface area contributed by atoms with Crippen molar-refractivity contribution >= 4 is 26.2 Å². The van der Waals surface area contributed by atoms with E-state index in [0.717, 1.165) is 0 Å². The van der Waals surface area contributed by atoms with Crippen LogP contribution in [0.3, 0.4) is 0 Å². The van der Waals surface area contributed by atoms with Gasteiger partial charge in [-0.1, -0.05) is 0 Å². The Hall–Kier alpha value is 0.371. The Bertz CT molecular complexity index is 232. The molecule has 0 spiro atoms. The lowest BCUT2D eigenvalue weighted by Gasteiger charge is -2.36. The Morgan fingerprint density at radius 1 is 0.632 bits per heavy atom. The molecule has 0 aromatic heterocycles. The molecule has 0 saturated carbocycles. The number of hydrogen-bond donors (Lipinski definition) is 0. The zero-order chi connectivity index (χ0) is 15.2. The average molecular weight is 331 g/mol. The molecule has 116 valence electrons. The SMILES string of the molecule is CO[Si](C)(C[Si](OC)(OC)O[Si](C)(OC)OC)OC. The van der Waals surface area contributed by atoms with E-state index in [1.54, 1.807) is 49.2 Å². The van der Waals surface area contributed by atoms with E-state index in [9.17, 15) is 0 Å². The van der Waals surface area contributed by atoms with Gasteiger partial charge in [0.2, 0.25) is 0 Å². The highest BCUT2D eigenvalue weighted by Crippen LogP contribution is 2.27. The zero-order valence-corrected chi connectivity index (χ0v) is 16.1. The van der Waals surface area contributed by atoms with E-state index >= 15 is 0 Å². The molecule has 0 saturated heterocycles. The summed E-state index contributed by atoms with van der Waals surface area (Å²) in [7, 11) is 1.27. The van der Waals surface area contributed by atoms with E-state index in [0.29, 0.717) is 5.67 Å². The van der Waals surface area contributed by atoms with Gasteiger partial charge in [-0.3, -0.25) is 0 Å². The molecule has 0 aromatic rings. The molecule has 7 nitrogen and oxygen atoms in total. The second-order valence-electron chi connectivity index (χ2n) is 4.18. The van der Waals surface area contributed by atoms with Gasteiger partial charge >= 0.3 is 26.2 Å². The van der Waals surface area contributed by atoms with Gasteiger partial charge in [-0.15, -0.1) is 0 Å². The second-order valence-corrected chi connectivity index (χ2v) is 14.2. The van der Waals surface area contributed by atoms with Gasteiger partial charge in [-0.2, -0.15) is 0 Å². The molecule has 0 rings (SSSR count). The molecule has 0 atom stereocenters. The van der Waals surface area contributed by atoms with Gasteiger partial charge in [0.1, 0.15) is 0 Å². The standard InChI is InChI=1S/C9H26O7Si3/c1-10-17(7,11-2)9-19(14-5,15-6)16-18(8,12-3)13-4/h9H2,1-8H3. The van der Waals surface area contributed by atoms with Gasteiger partial charge in [0.05, 0.1) is 5.67 Å². The smallest absolute Gasteiger partial charge is 0.398 e. The first-order valence-corrected chi connectivity index (χ1v) is 12.5. The fourth-order valence-corrected chi connectivity index (χ4v) is 11.9. The van der Waals surface area contributed by atoms with Gasteiger partial charge in [0.25, 0.3) is 0 Å². The summed E-state index contributed by atoms with van der Waals surface area (Å²) in [5, 5.41) is 0. The molecule has 0 aromatic carbocycles. The quantitative estimate of drug-likeness (QED) is 0.554. The summed E-state index contributed by atoms with van der Waals surface area (Å²) < 4.78 is 38.7. The number of rotatable bonds is 10. The molecule has 0 unspecified atom stereocenters. The van der Waals surface area contributed by atoms with Gasteiger partial charge in [-0.05, 0) is 6.55 Å². The van der Waals surface area contributed by atoms with Crippen molar-refractivity contribution < 1.29 is 30.7 Å². The predicted molar refractivity (Wildman–Crippen MR) is 76.9 cm³/mol. The van der Waals surface area contributed by atoms with Crippen LogP contribution in [0.2, 0.25) is 18.8 Å². The van der Waals surface area contributed by atoms with Crippen LogP contribution in [-0.4, -0.2) is 68.8 Å². The maximum Gasteiger partial charge on any atom is 0.495 e. The van der Waals surface area contributed by atoms with E-state index in [-0.39, 0.29) is 0 Å². The molecule has 0 aliphatic heterocycles. The summed E-state index contributed by atoms with van der Waals surface area (Å²) in [6, 6.07) is 0. The molecular weight excluding hydrogens is 304 g/mol. The average Bonchev–Trinajstić information content (AvgIpc) is 2.46. The van der Waals surface area contributed by atoms with E-state index in [1.165, 1.54) is 0 Å². The normalized spacial score (nSPS) is 13.9. The maximum absolute atomic E-state index is 5.99. The minimum absolute atomic E-state index is 0.454. The third-order valence-corrected chi connectivity index (χ3v) is 14.6. The van der Waals surface area contributed by atoms with Crippen LogP contribution in [-0.2, 0) is 30.7 Å². The van der Waals surface area contributed by atoms with Gasteiger partial charge in [-0.25, -0.2) is 0 Å². The first-order valence-electron chi connectivity index (χ1n) is 5.79. The highest BCUT2D eigenvalue weighted by atomic mass is 28.5. The van der Waals surface area contributed by atoms with E-state index in [2.05, 4.69) is 0 Å². The van der Waals surface area contributed by atoms with E-state index < -0.39 is 26.2 Å². The summed E-state index contributed by atoms with van der Waals surface area (Å²) >= 11 is 0. The van der Waals surface area contributed by atoms with Crippen LogP contribution in [0, 0.1) is 0 Å². The van der Waals surface area contributed by atoms with Crippen molar-refractivity contribution in [2.24, 2.45) is 0 Å². The van der Waals surface area contributed by atoms with Crippen LogP contribution in [0.1, 0.15) is 0 Å². The zero-order valence-electron chi connectivity index (χ0n) is 13.1. The molecule has 0 radical (unpaired) electrons. The molecule has 19 heavy (non-hydrogen) atoms. The van der Waals surface area contributed by atoms with Crippen molar-refractivity contribution in [2.45, 2.75) is 18.8 Å². The molecule has 0 fully saturated rings. The van der Waals surface area contributed by atoms with Crippen LogP contribution in [0.25, 0.3) is 0 Å². The summed E-state index contributed by atoms with van der Waals surface area (Å²) in [6.45, 7) is 3.71. The molecule has 10 heteroatoms. The fourth-order valence-electron chi connectivity index (χ4n) is 1.42. The third-order valence-electron chi connectivity index (χ3n) is 3.11. The Kier molecular flexibility index (Phi) is 8.13. The summed E-state index contributed by atoms with van der Waals surface area (Å²) in [6.07, 6.45) is 0. The van der Waals surface area contributed by atoms with E-state index in [4.69, 9.17) is 30.7 Å². The van der Waals surface area contributed by atoms with Crippen LogP contribution >= 0.6 is 0 Å². The van der Waals surface area contributed by atoms with E-state index in [1.807, 2.05) is 6.55 Å². The van der Waals surface area contributed by atoms with Gasteiger partial charge in [0.15, 0.2) is 0 Å². The molecule has 0 amide bonds. The van der Waals surface area contributed by atoms with Gasteiger partial charge in [0, 0.05) is 49.2 Å². The summed E-state index contributed by atoms with van der Waals surface area (Å²) in [5.74, 6) is 0. The van der Waals surface area contributed by atoms with Crippen molar-refractivity contribution in [2.75, 3.05) is 42.7 Å². The lowest BCUT2D eigenvalue weighted by atomic mass is 11.8. The molecular formula is C9H26O7Si3. The molecule has 0 bridgehead atoms. The fraction of sp³-hybridized carbons (Fsp3) is 1.00. The van der Waals surface area contributed by atoms with Crippen LogP contribution in [0.5, 0.6) is 0 Å².